The van der Waals surface area contributed by atoms with Crippen LogP contribution in [0.1, 0.15) is 18.7 Å². The van der Waals surface area contributed by atoms with Crippen molar-refractivity contribution >= 4 is 27.5 Å². The minimum absolute atomic E-state index is 0.0573. The Bertz CT molecular complexity index is 1080. The van der Waals surface area contributed by atoms with Crippen LogP contribution in [0, 0.1) is 6.92 Å². The van der Waals surface area contributed by atoms with Gasteiger partial charge in [0.15, 0.2) is 0 Å². The van der Waals surface area contributed by atoms with Crippen molar-refractivity contribution in [1.82, 2.24) is 14.9 Å². The maximum atomic E-state index is 13.2. The van der Waals surface area contributed by atoms with Gasteiger partial charge < -0.3 is 14.8 Å². The van der Waals surface area contributed by atoms with Gasteiger partial charge in [-0.05, 0) is 37.5 Å². The van der Waals surface area contributed by atoms with Crippen LogP contribution >= 0.6 is 11.3 Å². The lowest BCUT2D eigenvalue weighted by molar-refractivity contribution is -0.122. The number of amides is 1. The molecule has 0 bridgehead atoms. The molecule has 1 atom stereocenters. The van der Waals surface area contributed by atoms with Crippen LogP contribution in [0.4, 0.5) is 0 Å². The monoisotopic (exact) mass is 413 g/mol. The molecule has 1 aliphatic heterocycles. The van der Waals surface area contributed by atoms with Gasteiger partial charge in [-0.15, -0.1) is 11.3 Å². The topological polar surface area (TPSA) is 82.5 Å². The predicted molar refractivity (Wildman–Crippen MR) is 113 cm³/mol. The lowest BCUT2D eigenvalue weighted by Gasteiger charge is -2.13. The summed E-state index contributed by atoms with van der Waals surface area (Å²) in [5.41, 5.74) is 1.53. The molecule has 3 heterocycles. The Balaban J connectivity index is 1.62. The third kappa shape index (κ3) is 4.04. The molecule has 3 aromatic rings. The Morgan fingerprint density at radius 1 is 1.38 bits per heavy atom. The number of carbonyl (C=O) groups is 1. The summed E-state index contributed by atoms with van der Waals surface area (Å²) in [6.45, 7) is 2.91. The summed E-state index contributed by atoms with van der Waals surface area (Å²) in [4.78, 5) is 30.9. The highest BCUT2D eigenvalue weighted by Gasteiger charge is 2.19. The van der Waals surface area contributed by atoms with Crippen LogP contribution in [0.15, 0.2) is 34.4 Å². The number of hydrogen-bond acceptors (Lipinski definition) is 6. The molecule has 8 heteroatoms. The van der Waals surface area contributed by atoms with Crippen molar-refractivity contribution in [3.05, 3.63) is 45.8 Å². The third-order valence-electron chi connectivity index (χ3n) is 5.14. The molecule has 2 aromatic heterocycles. The fraction of sp³-hybridized carbons (Fsp3) is 0.381. The maximum absolute atomic E-state index is 13.2. The lowest BCUT2D eigenvalue weighted by Crippen LogP contribution is -2.37. The zero-order valence-corrected chi connectivity index (χ0v) is 17.3. The van der Waals surface area contributed by atoms with Crippen molar-refractivity contribution < 1.29 is 14.3 Å². The zero-order chi connectivity index (χ0) is 20.4. The SMILES string of the molecule is COc1ccc(-c2csc3nc(C)n(CC(=O)NCC4CCCO4)c(=O)c23)cc1. The van der Waals surface area contributed by atoms with Gasteiger partial charge in [-0.25, -0.2) is 4.98 Å². The van der Waals surface area contributed by atoms with E-state index in [9.17, 15) is 9.59 Å². The molecule has 1 saturated heterocycles. The van der Waals surface area contributed by atoms with Crippen molar-refractivity contribution in [1.29, 1.82) is 0 Å². The summed E-state index contributed by atoms with van der Waals surface area (Å²) in [6, 6.07) is 7.55. The van der Waals surface area contributed by atoms with Crippen molar-refractivity contribution in [2.24, 2.45) is 0 Å². The smallest absolute Gasteiger partial charge is 0.263 e. The molecule has 4 rings (SSSR count). The van der Waals surface area contributed by atoms with E-state index in [1.165, 1.54) is 15.9 Å². The zero-order valence-electron chi connectivity index (χ0n) is 16.4. The van der Waals surface area contributed by atoms with Crippen LogP contribution in [0.5, 0.6) is 5.75 Å². The number of nitrogens with one attached hydrogen (secondary N) is 1. The molecular weight excluding hydrogens is 390 g/mol. The Morgan fingerprint density at radius 3 is 2.86 bits per heavy atom. The molecule has 7 nitrogen and oxygen atoms in total. The van der Waals surface area contributed by atoms with E-state index in [2.05, 4.69) is 10.3 Å². The number of aryl methyl sites for hydroxylation is 1. The largest absolute Gasteiger partial charge is 0.497 e. The molecule has 29 heavy (non-hydrogen) atoms. The van der Waals surface area contributed by atoms with Crippen LogP contribution in [0.25, 0.3) is 21.3 Å². The van der Waals surface area contributed by atoms with E-state index in [1.54, 1.807) is 14.0 Å². The number of fused-ring (bicyclic) bond motifs is 1. The first-order valence-electron chi connectivity index (χ1n) is 9.58. The van der Waals surface area contributed by atoms with Gasteiger partial charge >= 0.3 is 0 Å². The number of ether oxygens (including phenoxy) is 2. The van der Waals surface area contributed by atoms with Gasteiger partial charge in [-0.3, -0.25) is 14.2 Å². The van der Waals surface area contributed by atoms with Gasteiger partial charge in [0.05, 0.1) is 18.6 Å². The van der Waals surface area contributed by atoms with Gasteiger partial charge in [-0.1, -0.05) is 12.1 Å². The Labute approximate surface area is 172 Å². The minimum atomic E-state index is -0.215. The van der Waals surface area contributed by atoms with Crippen LogP contribution < -0.4 is 15.6 Å². The number of aromatic nitrogens is 2. The number of hydrogen-bond donors (Lipinski definition) is 1. The van der Waals surface area contributed by atoms with Crippen LogP contribution in [-0.4, -0.2) is 41.8 Å². The van der Waals surface area contributed by atoms with Crippen LogP contribution in [0.2, 0.25) is 0 Å². The highest BCUT2D eigenvalue weighted by atomic mass is 32.1. The fourth-order valence-electron chi connectivity index (χ4n) is 3.53. The molecule has 0 saturated carbocycles. The average molecular weight is 413 g/mol. The third-order valence-corrected chi connectivity index (χ3v) is 6.01. The van der Waals surface area contributed by atoms with Gasteiger partial charge in [0.1, 0.15) is 22.9 Å². The van der Waals surface area contributed by atoms with Crippen molar-refractivity contribution in [3.8, 4) is 16.9 Å². The summed E-state index contributed by atoms with van der Waals surface area (Å²) in [6.07, 6.45) is 2.04. The first-order valence-corrected chi connectivity index (χ1v) is 10.5. The van der Waals surface area contributed by atoms with Crippen LogP contribution in [0.3, 0.4) is 0 Å². The van der Waals surface area contributed by atoms with E-state index in [4.69, 9.17) is 9.47 Å². The van der Waals surface area contributed by atoms with E-state index in [-0.39, 0.29) is 24.1 Å². The van der Waals surface area contributed by atoms with Crippen molar-refractivity contribution in [2.45, 2.75) is 32.4 Å². The number of benzene rings is 1. The van der Waals surface area contributed by atoms with Gasteiger partial charge in [0.2, 0.25) is 5.91 Å². The summed E-state index contributed by atoms with van der Waals surface area (Å²) in [7, 11) is 1.62. The standard InChI is InChI=1S/C21H23N3O4S/c1-13-23-20-19(17(12-29-20)14-5-7-15(27-2)8-6-14)21(26)24(13)11-18(25)22-10-16-4-3-9-28-16/h5-8,12,16H,3-4,9-11H2,1-2H3,(H,22,25). The number of thiophene rings is 1. The summed E-state index contributed by atoms with van der Waals surface area (Å²) < 4.78 is 12.2. The molecule has 0 radical (unpaired) electrons. The highest BCUT2D eigenvalue weighted by Crippen LogP contribution is 2.31. The minimum Gasteiger partial charge on any atom is -0.497 e. The van der Waals surface area contributed by atoms with E-state index >= 15 is 0 Å². The van der Waals surface area contributed by atoms with Crippen molar-refractivity contribution in [2.75, 3.05) is 20.3 Å². The molecule has 152 valence electrons. The fourth-order valence-corrected chi connectivity index (χ4v) is 4.51. The first-order chi connectivity index (χ1) is 14.1. The van der Waals surface area contributed by atoms with Crippen molar-refractivity contribution in [3.63, 3.8) is 0 Å². The molecule has 1 fully saturated rings. The predicted octanol–water partition coefficient (Wildman–Crippen LogP) is 2.74. The van der Waals surface area contributed by atoms with E-state index in [0.717, 1.165) is 36.3 Å². The molecule has 1 unspecified atom stereocenters. The number of rotatable bonds is 6. The Morgan fingerprint density at radius 2 is 2.17 bits per heavy atom. The van der Waals surface area contributed by atoms with Crippen LogP contribution in [-0.2, 0) is 16.1 Å². The quantitative estimate of drug-likeness (QED) is 0.672. The summed E-state index contributed by atoms with van der Waals surface area (Å²) >= 11 is 1.43. The molecule has 1 amide bonds. The Hall–Kier alpha value is -2.71. The normalized spacial score (nSPS) is 16.3. The maximum Gasteiger partial charge on any atom is 0.263 e. The molecular formula is C21H23N3O4S. The van der Waals surface area contributed by atoms with E-state index in [1.807, 2.05) is 29.6 Å². The Kier molecular flexibility index (Phi) is 5.64. The highest BCUT2D eigenvalue weighted by molar-refractivity contribution is 7.17. The van der Waals surface area contributed by atoms with Gasteiger partial charge in [0, 0.05) is 24.1 Å². The molecule has 1 N–H and O–H groups in total. The van der Waals surface area contributed by atoms with Gasteiger partial charge in [0.25, 0.3) is 5.56 Å². The number of carbonyl (C=O) groups excluding carboxylic acids is 1. The summed E-state index contributed by atoms with van der Waals surface area (Å²) in [5.74, 6) is 1.06. The second-order valence-electron chi connectivity index (χ2n) is 7.05. The molecule has 1 aromatic carbocycles. The van der Waals surface area contributed by atoms with E-state index < -0.39 is 0 Å². The lowest BCUT2D eigenvalue weighted by atomic mass is 10.1. The number of methoxy groups -OCH3 is 1. The van der Waals surface area contributed by atoms with Gasteiger partial charge in [-0.2, -0.15) is 0 Å². The molecule has 0 aliphatic carbocycles. The summed E-state index contributed by atoms with van der Waals surface area (Å²) in [5, 5.41) is 5.34. The molecule has 1 aliphatic rings. The average Bonchev–Trinajstić information content (AvgIpc) is 3.39. The second-order valence-corrected chi connectivity index (χ2v) is 7.91. The molecule has 0 spiro atoms. The number of nitrogens with zero attached hydrogens (tertiary/aromatic N) is 2. The second kappa shape index (κ2) is 8.34. The first kappa shape index (κ1) is 19.6. The van der Waals surface area contributed by atoms with E-state index in [0.29, 0.717) is 22.6 Å².